The summed E-state index contributed by atoms with van der Waals surface area (Å²) in [5.74, 6) is 0.365. The van der Waals surface area contributed by atoms with E-state index in [0.717, 1.165) is 22.5 Å². The monoisotopic (exact) mass is 468 g/mol. The standard InChI is InChI=1S/C26H26Cl2N2O2/c1-15-7-5-9-21(17(15)3)29-14-23-25(32-24-12-11-19(27)13-20(24)28)26(31)30(23)22-10-6-8-16(2)18(22)4/h5-13,23,25,29H,14H2,1-4H3/t23-,25+/m1/s1. The Morgan fingerprint density at radius 1 is 0.938 bits per heavy atom. The van der Waals surface area contributed by atoms with E-state index in [-0.39, 0.29) is 11.9 Å². The fraction of sp³-hybridized carbons (Fsp3) is 0.269. The molecule has 1 aliphatic heterocycles. The highest BCUT2D eigenvalue weighted by atomic mass is 35.5. The number of rotatable bonds is 6. The first-order chi connectivity index (χ1) is 15.3. The number of aryl methyl sites for hydroxylation is 2. The van der Waals surface area contributed by atoms with E-state index in [1.165, 1.54) is 11.1 Å². The molecule has 3 aromatic rings. The highest BCUT2D eigenvalue weighted by Gasteiger charge is 2.50. The molecule has 1 fully saturated rings. The molecule has 2 atom stereocenters. The quantitative estimate of drug-likeness (QED) is 0.419. The molecular formula is C26H26Cl2N2O2. The Bertz CT molecular complexity index is 1180. The van der Waals surface area contributed by atoms with Gasteiger partial charge in [-0.25, -0.2) is 0 Å². The normalized spacial score (nSPS) is 17.8. The summed E-state index contributed by atoms with van der Waals surface area (Å²) in [5.41, 5.74) is 6.59. The van der Waals surface area contributed by atoms with E-state index in [9.17, 15) is 4.79 Å². The second-order valence-corrected chi connectivity index (χ2v) is 9.08. The fourth-order valence-corrected chi connectivity index (χ4v) is 4.46. The highest BCUT2D eigenvalue weighted by molar-refractivity contribution is 6.35. The molecule has 1 saturated heterocycles. The van der Waals surface area contributed by atoms with Gasteiger partial charge in [0.25, 0.3) is 5.91 Å². The number of β-lactam (4-membered cyclic amide) rings is 1. The molecule has 1 amide bonds. The first-order valence-corrected chi connectivity index (χ1v) is 11.3. The molecule has 1 heterocycles. The summed E-state index contributed by atoms with van der Waals surface area (Å²) in [6, 6.07) is 17.0. The molecule has 0 aromatic heterocycles. The average Bonchev–Trinajstić information content (AvgIpc) is 2.76. The average molecular weight is 469 g/mol. The Kier molecular flexibility index (Phi) is 6.36. The number of anilines is 2. The van der Waals surface area contributed by atoms with Gasteiger partial charge in [0.1, 0.15) is 11.8 Å². The minimum atomic E-state index is -0.647. The molecule has 1 N–H and O–H groups in total. The Morgan fingerprint density at radius 2 is 1.62 bits per heavy atom. The molecule has 4 nitrogen and oxygen atoms in total. The Balaban J connectivity index is 1.63. The van der Waals surface area contributed by atoms with Gasteiger partial charge in [0.2, 0.25) is 0 Å². The molecule has 32 heavy (non-hydrogen) atoms. The van der Waals surface area contributed by atoms with E-state index in [1.54, 1.807) is 18.2 Å². The predicted octanol–water partition coefficient (Wildman–Crippen LogP) is 6.50. The van der Waals surface area contributed by atoms with Crippen LogP contribution < -0.4 is 15.0 Å². The topological polar surface area (TPSA) is 41.6 Å². The molecular weight excluding hydrogens is 443 g/mol. The Hall–Kier alpha value is -2.69. The van der Waals surface area contributed by atoms with Crippen molar-refractivity contribution in [2.24, 2.45) is 0 Å². The van der Waals surface area contributed by atoms with Crippen molar-refractivity contribution in [3.8, 4) is 5.75 Å². The van der Waals surface area contributed by atoms with Crippen LogP contribution in [0.15, 0.2) is 54.6 Å². The molecule has 0 radical (unpaired) electrons. The van der Waals surface area contributed by atoms with Crippen LogP contribution in [0.3, 0.4) is 0 Å². The molecule has 0 spiro atoms. The second kappa shape index (κ2) is 9.05. The van der Waals surface area contributed by atoms with E-state index in [1.807, 2.05) is 43.0 Å². The summed E-state index contributed by atoms with van der Waals surface area (Å²) >= 11 is 12.3. The maximum atomic E-state index is 13.3. The van der Waals surface area contributed by atoms with Crippen LogP contribution in [0.1, 0.15) is 22.3 Å². The van der Waals surface area contributed by atoms with Gasteiger partial charge in [-0.2, -0.15) is 0 Å². The molecule has 0 bridgehead atoms. The number of hydrogen-bond acceptors (Lipinski definition) is 3. The molecule has 6 heteroatoms. The Labute approximate surface area is 199 Å². The van der Waals surface area contributed by atoms with Crippen LogP contribution >= 0.6 is 23.2 Å². The summed E-state index contributed by atoms with van der Waals surface area (Å²) < 4.78 is 6.10. The lowest BCUT2D eigenvalue weighted by atomic mass is 9.93. The van der Waals surface area contributed by atoms with Crippen LogP contribution in [-0.2, 0) is 4.79 Å². The van der Waals surface area contributed by atoms with Crippen LogP contribution in [0.2, 0.25) is 10.0 Å². The largest absolute Gasteiger partial charge is 0.477 e. The van der Waals surface area contributed by atoms with Gasteiger partial charge < -0.3 is 10.1 Å². The van der Waals surface area contributed by atoms with Gasteiger partial charge in [-0.1, -0.05) is 47.5 Å². The van der Waals surface area contributed by atoms with Crippen LogP contribution in [0.25, 0.3) is 0 Å². The van der Waals surface area contributed by atoms with Crippen molar-refractivity contribution in [3.63, 3.8) is 0 Å². The van der Waals surface area contributed by atoms with Gasteiger partial charge in [-0.15, -0.1) is 0 Å². The van der Waals surface area contributed by atoms with Gasteiger partial charge in [0.15, 0.2) is 6.10 Å². The predicted molar refractivity (Wildman–Crippen MR) is 132 cm³/mol. The molecule has 3 aromatic carbocycles. The number of carbonyl (C=O) groups is 1. The van der Waals surface area contributed by atoms with Crippen molar-refractivity contribution >= 4 is 40.5 Å². The van der Waals surface area contributed by atoms with E-state index in [0.29, 0.717) is 22.3 Å². The third kappa shape index (κ3) is 4.17. The van der Waals surface area contributed by atoms with Crippen molar-refractivity contribution in [2.75, 3.05) is 16.8 Å². The van der Waals surface area contributed by atoms with Crippen molar-refractivity contribution in [1.82, 2.24) is 0 Å². The summed E-state index contributed by atoms with van der Waals surface area (Å²) in [6.07, 6.45) is -0.647. The van der Waals surface area contributed by atoms with Crippen molar-refractivity contribution in [3.05, 3.63) is 86.9 Å². The number of hydrogen-bond donors (Lipinski definition) is 1. The maximum absolute atomic E-state index is 13.3. The zero-order valence-corrected chi connectivity index (χ0v) is 20.1. The highest BCUT2D eigenvalue weighted by Crippen LogP contribution is 2.37. The smallest absolute Gasteiger partial charge is 0.270 e. The minimum absolute atomic E-state index is 0.0857. The van der Waals surface area contributed by atoms with Crippen LogP contribution in [-0.4, -0.2) is 24.6 Å². The fourth-order valence-electron chi connectivity index (χ4n) is 4.00. The van der Waals surface area contributed by atoms with E-state index in [4.69, 9.17) is 27.9 Å². The molecule has 1 aliphatic rings. The number of ether oxygens (including phenoxy) is 1. The molecule has 4 rings (SSSR count). The van der Waals surface area contributed by atoms with E-state index >= 15 is 0 Å². The minimum Gasteiger partial charge on any atom is -0.477 e. The van der Waals surface area contributed by atoms with Crippen molar-refractivity contribution in [2.45, 2.75) is 39.8 Å². The summed E-state index contributed by atoms with van der Waals surface area (Å²) in [4.78, 5) is 15.1. The van der Waals surface area contributed by atoms with E-state index in [2.05, 4.69) is 31.3 Å². The van der Waals surface area contributed by atoms with Crippen LogP contribution in [0.5, 0.6) is 5.75 Å². The Morgan fingerprint density at radius 3 is 2.34 bits per heavy atom. The number of nitrogens with zero attached hydrogens (tertiary/aromatic N) is 1. The molecule has 0 saturated carbocycles. The lowest BCUT2D eigenvalue weighted by molar-refractivity contribution is -0.134. The summed E-state index contributed by atoms with van der Waals surface area (Å²) in [5, 5.41) is 4.43. The van der Waals surface area contributed by atoms with Crippen molar-refractivity contribution < 1.29 is 9.53 Å². The summed E-state index contributed by atoms with van der Waals surface area (Å²) in [6.45, 7) is 8.81. The van der Waals surface area contributed by atoms with Gasteiger partial charge in [-0.3, -0.25) is 9.69 Å². The van der Waals surface area contributed by atoms with Gasteiger partial charge >= 0.3 is 0 Å². The maximum Gasteiger partial charge on any atom is 0.270 e. The van der Waals surface area contributed by atoms with Gasteiger partial charge in [-0.05, 0) is 80.3 Å². The molecule has 0 aliphatic carbocycles. The lowest BCUT2D eigenvalue weighted by Gasteiger charge is -2.47. The number of halogens is 2. The molecule has 166 valence electrons. The first kappa shape index (κ1) is 22.5. The zero-order valence-electron chi connectivity index (χ0n) is 18.6. The lowest BCUT2D eigenvalue weighted by Crippen LogP contribution is -2.69. The van der Waals surface area contributed by atoms with Gasteiger partial charge in [0.05, 0.1) is 5.02 Å². The molecule has 0 unspecified atom stereocenters. The third-order valence-electron chi connectivity index (χ3n) is 6.25. The number of amides is 1. The number of nitrogens with one attached hydrogen (secondary N) is 1. The number of carbonyl (C=O) groups excluding carboxylic acids is 1. The number of benzene rings is 3. The van der Waals surface area contributed by atoms with Crippen LogP contribution in [0, 0.1) is 27.7 Å². The van der Waals surface area contributed by atoms with Gasteiger partial charge in [0, 0.05) is 22.9 Å². The van der Waals surface area contributed by atoms with Crippen molar-refractivity contribution in [1.29, 1.82) is 0 Å². The first-order valence-electron chi connectivity index (χ1n) is 10.6. The van der Waals surface area contributed by atoms with Crippen LogP contribution in [0.4, 0.5) is 11.4 Å². The summed E-state index contributed by atoms with van der Waals surface area (Å²) in [7, 11) is 0. The van der Waals surface area contributed by atoms with E-state index < -0.39 is 6.10 Å². The second-order valence-electron chi connectivity index (χ2n) is 8.24. The SMILES string of the molecule is Cc1cccc(NC[C@@H]2[C@H](Oc3ccc(Cl)cc3Cl)C(=O)N2c2cccc(C)c2C)c1C. The zero-order chi connectivity index (χ0) is 23.0. The third-order valence-corrected chi connectivity index (χ3v) is 6.78.